The van der Waals surface area contributed by atoms with Crippen LogP contribution in [0.2, 0.25) is 0 Å². The third-order valence-electron chi connectivity index (χ3n) is 3.59. The van der Waals surface area contributed by atoms with Crippen molar-refractivity contribution < 1.29 is 19.1 Å². The summed E-state index contributed by atoms with van der Waals surface area (Å²) in [4.78, 5) is 25.4. The standard InChI is InChI=1S/C19H21NO4S/c1-13(18(21)20-12-14-7-5-4-6-8-14)24-19(22)16-10-9-15(25-3)11-17(16)23-2/h4-11,13H,12H2,1-3H3,(H,20,21)/t13-/m1/s1. The van der Waals surface area contributed by atoms with Crippen molar-refractivity contribution in [2.45, 2.75) is 24.5 Å². The van der Waals surface area contributed by atoms with Crippen molar-refractivity contribution in [3.8, 4) is 5.75 Å². The number of carbonyl (C=O) groups is 2. The number of hydrogen-bond donors (Lipinski definition) is 1. The zero-order valence-electron chi connectivity index (χ0n) is 14.4. The third kappa shape index (κ3) is 5.26. The lowest BCUT2D eigenvalue weighted by molar-refractivity contribution is -0.129. The maximum absolute atomic E-state index is 12.3. The van der Waals surface area contributed by atoms with Gasteiger partial charge in [0.1, 0.15) is 11.3 Å². The van der Waals surface area contributed by atoms with Crippen LogP contribution in [0.5, 0.6) is 5.75 Å². The molecule has 2 aromatic carbocycles. The topological polar surface area (TPSA) is 64.6 Å². The summed E-state index contributed by atoms with van der Waals surface area (Å²) in [5, 5.41) is 2.75. The van der Waals surface area contributed by atoms with E-state index in [2.05, 4.69) is 5.32 Å². The van der Waals surface area contributed by atoms with Gasteiger partial charge in [-0.3, -0.25) is 4.79 Å². The monoisotopic (exact) mass is 359 g/mol. The first-order valence-corrected chi connectivity index (χ1v) is 9.02. The van der Waals surface area contributed by atoms with Crippen LogP contribution in [0.25, 0.3) is 0 Å². The first-order chi connectivity index (χ1) is 12.0. The largest absolute Gasteiger partial charge is 0.496 e. The minimum absolute atomic E-state index is 0.294. The van der Waals surface area contributed by atoms with Gasteiger partial charge in [0.25, 0.3) is 5.91 Å². The molecule has 0 bridgehead atoms. The molecule has 0 heterocycles. The minimum atomic E-state index is -0.902. The molecule has 0 saturated carbocycles. The molecule has 5 nitrogen and oxygen atoms in total. The molecule has 1 atom stereocenters. The Balaban J connectivity index is 1.96. The molecule has 0 unspecified atom stereocenters. The van der Waals surface area contributed by atoms with E-state index in [1.165, 1.54) is 7.11 Å². The summed E-state index contributed by atoms with van der Waals surface area (Å²) in [7, 11) is 1.49. The van der Waals surface area contributed by atoms with E-state index in [0.717, 1.165) is 10.5 Å². The van der Waals surface area contributed by atoms with Crippen molar-refractivity contribution in [2.24, 2.45) is 0 Å². The Kier molecular flexibility index (Phi) is 6.89. The number of hydrogen-bond acceptors (Lipinski definition) is 5. The molecule has 132 valence electrons. The van der Waals surface area contributed by atoms with E-state index in [9.17, 15) is 9.59 Å². The number of carbonyl (C=O) groups excluding carboxylic acids is 2. The molecule has 0 fully saturated rings. The molecule has 0 aliphatic rings. The Bertz CT molecular complexity index is 733. The normalized spacial score (nSPS) is 11.5. The highest BCUT2D eigenvalue weighted by molar-refractivity contribution is 7.98. The van der Waals surface area contributed by atoms with Crippen LogP contribution >= 0.6 is 11.8 Å². The van der Waals surface area contributed by atoms with Gasteiger partial charge in [-0.1, -0.05) is 30.3 Å². The van der Waals surface area contributed by atoms with Crippen LogP contribution in [-0.4, -0.2) is 31.3 Å². The van der Waals surface area contributed by atoms with Gasteiger partial charge in [0.05, 0.1) is 7.11 Å². The lowest BCUT2D eigenvalue weighted by atomic mass is 10.2. The Morgan fingerprint density at radius 1 is 1.16 bits per heavy atom. The molecule has 25 heavy (non-hydrogen) atoms. The quantitative estimate of drug-likeness (QED) is 0.607. The fraction of sp³-hybridized carbons (Fsp3) is 0.263. The highest BCUT2D eigenvalue weighted by Crippen LogP contribution is 2.26. The number of amides is 1. The van der Waals surface area contributed by atoms with Crippen molar-refractivity contribution in [2.75, 3.05) is 13.4 Å². The second kappa shape index (κ2) is 9.13. The fourth-order valence-electron chi connectivity index (χ4n) is 2.17. The molecule has 0 aliphatic heterocycles. The van der Waals surface area contributed by atoms with Gasteiger partial charge < -0.3 is 14.8 Å². The van der Waals surface area contributed by atoms with E-state index < -0.39 is 12.1 Å². The maximum Gasteiger partial charge on any atom is 0.342 e. The number of ether oxygens (including phenoxy) is 2. The number of benzene rings is 2. The predicted molar refractivity (Wildman–Crippen MR) is 97.9 cm³/mol. The van der Waals surface area contributed by atoms with Gasteiger partial charge in [0.15, 0.2) is 6.10 Å². The van der Waals surface area contributed by atoms with Crippen LogP contribution in [0.4, 0.5) is 0 Å². The number of esters is 1. The lowest BCUT2D eigenvalue weighted by Gasteiger charge is -2.15. The zero-order valence-corrected chi connectivity index (χ0v) is 15.3. The predicted octanol–water partition coefficient (Wildman–Crippen LogP) is 3.28. The summed E-state index contributed by atoms with van der Waals surface area (Å²) in [6.07, 6.45) is 1.03. The number of nitrogens with one attached hydrogen (secondary N) is 1. The molecule has 1 N–H and O–H groups in total. The summed E-state index contributed by atoms with van der Waals surface area (Å²) in [6.45, 7) is 1.92. The fourth-order valence-corrected chi connectivity index (χ4v) is 2.60. The molecular formula is C19H21NO4S. The van der Waals surface area contributed by atoms with E-state index in [4.69, 9.17) is 9.47 Å². The van der Waals surface area contributed by atoms with E-state index in [1.807, 2.05) is 42.7 Å². The molecule has 0 spiro atoms. The summed E-state index contributed by atoms with van der Waals surface area (Å²) in [5.74, 6) is -0.516. The molecule has 6 heteroatoms. The van der Waals surface area contributed by atoms with Gasteiger partial charge in [-0.15, -0.1) is 11.8 Å². The van der Waals surface area contributed by atoms with E-state index in [-0.39, 0.29) is 5.91 Å². The molecule has 0 saturated heterocycles. The average molecular weight is 359 g/mol. The van der Waals surface area contributed by atoms with Crippen LogP contribution < -0.4 is 10.1 Å². The van der Waals surface area contributed by atoms with Crippen LogP contribution in [0.15, 0.2) is 53.4 Å². The third-order valence-corrected chi connectivity index (χ3v) is 4.32. The van der Waals surface area contributed by atoms with E-state index >= 15 is 0 Å². The Hall–Kier alpha value is -2.47. The van der Waals surface area contributed by atoms with E-state index in [1.54, 1.807) is 30.8 Å². The van der Waals surface area contributed by atoms with Gasteiger partial charge in [0, 0.05) is 11.4 Å². The van der Waals surface area contributed by atoms with Gasteiger partial charge in [-0.05, 0) is 36.9 Å². The summed E-state index contributed by atoms with van der Waals surface area (Å²) in [6, 6.07) is 14.7. The van der Waals surface area contributed by atoms with Gasteiger partial charge in [0.2, 0.25) is 0 Å². The lowest BCUT2D eigenvalue weighted by Crippen LogP contribution is -2.35. The molecule has 2 aromatic rings. The van der Waals surface area contributed by atoms with Crippen LogP contribution in [0.1, 0.15) is 22.8 Å². The maximum atomic E-state index is 12.3. The molecule has 2 rings (SSSR count). The van der Waals surface area contributed by atoms with E-state index in [0.29, 0.717) is 17.9 Å². The first kappa shape index (κ1) is 18.9. The molecular weight excluding hydrogens is 338 g/mol. The Labute approximate surface area is 151 Å². The smallest absolute Gasteiger partial charge is 0.342 e. The second-order valence-corrected chi connectivity index (χ2v) is 6.20. The van der Waals surface area contributed by atoms with Crippen molar-refractivity contribution >= 4 is 23.6 Å². The summed E-state index contributed by atoms with van der Waals surface area (Å²) < 4.78 is 10.5. The van der Waals surface area contributed by atoms with Crippen LogP contribution in [0, 0.1) is 0 Å². The average Bonchev–Trinajstić information content (AvgIpc) is 2.66. The highest BCUT2D eigenvalue weighted by atomic mass is 32.2. The minimum Gasteiger partial charge on any atom is -0.496 e. The SMILES string of the molecule is COc1cc(SC)ccc1C(=O)O[C@H](C)C(=O)NCc1ccccc1. The first-order valence-electron chi connectivity index (χ1n) is 7.79. The van der Waals surface area contributed by atoms with Crippen molar-refractivity contribution in [1.29, 1.82) is 0 Å². The van der Waals surface area contributed by atoms with Gasteiger partial charge >= 0.3 is 5.97 Å². The van der Waals surface area contributed by atoms with Crippen LogP contribution in [-0.2, 0) is 16.1 Å². The number of rotatable bonds is 7. The Morgan fingerprint density at radius 3 is 2.52 bits per heavy atom. The Morgan fingerprint density at radius 2 is 1.88 bits per heavy atom. The summed E-state index contributed by atoms with van der Waals surface area (Å²) >= 11 is 1.55. The zero-order chi connectivity index (χ0) is 18.2. The summed E-state index contributed by atoms with van der Waals surface area (Å²) in [5.41, 5.74) is 1.27. The van der Waals surface area contributed by atoms with Crippen molar-refractivity contribution in [3.63, 3.8) is 0 Å². The van der Waals surface area contributed by atoms with Crippen molar-refractivity contribution in [1.82, 2.24) is 5.32 Å². The van der Waals surface area contributed by atoms with Crippen LogP contribution in [0.3, 0.4) is 0 Å². The molecule has 1 amide bonds. The van der Waals surface area contributed by atoms with Crippen molar-refractivity contribution in [3.05, 3.63) is 59.7 Å². The van der Waals surface area contributed by atoms with Gasteiger partial charge in [-0.2, -0.15) is 0 Å². The molecule has 0 radical (unpaired) electrons. The van der Waals surface area contributed by atoms with Gasteiger partial charge in [-0.25, -0.2) is 4.79 Å². The number of methoxy groups -OCH3 is 1. The molecule has 0 aromatic heterocycles. The molecule has 0 aliphatic carbocycles. The highest BCUT2D eigenvalue weighted by Gasteiger charge is 2.21. The second-order valence-electron chi connectivity index (χ2n) is 5.32. The number of thioether (sulfide) groups is 1.